The lowest BCUT2D eigenvalue weighted by molar-refractivity contribution is -0.00834. The number of methoxy groups -OCH3 is 1. The van der Waals surface area contributed by atoms with Crippen LogP contribution >= 0.6 is 0 Å². The molecule has 1 aliphatic heterocycles. The van der Waals surface area contributed by atoms with Crippen LogP contribution in [0.15, 0.2) is 47.4 Å². The quantitative estimate of drug-likeness (QED) is 0.321. The molecule has 1 fully saturated rings. The van der Waals surface area contributed by atoms with Gasteiger partial charge in [-0.3, -0.25) is 4.79 Å². The molecule has 0 unspecified atom stereocenters. The van der Waals surface area contributed by atoms with E-state index in [1.165, 1.54) is 37.0 Å². The second-order valence-electron chi connectivity index (χ2n) is 13.4. The van der Waals surface area contributed by atoms with Gasteiger partial charge in [0.1, 0.15) is 11.5 Å². The third kappa shape index (κ3) is 10.6. The zero-order valence-corrected chi connectivity index (χ0v) is 30.3. The van der Waals surface area contributed by atoms with Crippen LogP contribution in [0.25, 0.3) is 0 Å². The minimum Gasteiger partial charge on any atom is -0.497 e. The fourth-order valence-corrected chi connectivity index (χ4v) is 7.52. The van der Waals surface area contributed by atoms with Crippen molar-refractivity contribution in [3.05, 3.63) is 48.0 Å². The molecule has 1 saturated carbocycles. The van der Waals surface area contributed by atoms with E-state index < -0.39 is 22.2 Å². The number of aliphatic hydroxyl groups excluding tert-OH is 1. The number of fused-ring (bicyclic) bond motifs is 1. The number of hydrogen-bond donors (Lipinski definition) is 3. The normalized spacial score (nSPS) is 22.4. The molecule has 0 saturated heterocycles. The molecule has 2 aliphatic rings. The molecule has 272 valence electrons. The zero-order chi connectivity index (χ0) is 35.6. The van der Waals surface area contributed by atoms with Crippen molar-refractivity contribution in [2.45, 2.75) is 101 Å². The van der Waals surface area contributed by atoms with E-state index in [0.717, 1.165) is 38.5 Å². The van der Waals surface area contributed by atoms with Crippen LogP contribution in [0.3, 0.4) is 0 Å². The van der Waals surface area contributed by atoms with Crippen molar-refractivity contribution >= 4 is 27.6 Å². The number of carbonyl (C=O) groups excluding carboxylic acids is 2. The third-order valence-electron chi connectivity index (χ3n) is 9.45. The average molecular weight is 703 g/mol. The van der Waals surface area contributed by atoms with Gasteiger partial charge >= 0.3 is 6.03 Å². The molecule has 4 rings (SSSR count). The fourth-order valence-electron chi connectivity index (χ4n) is 6.34. The molecule has 1 aliphatic carbocycles. The van der Waals surface area contributed by atoms with Gasteiger partial charge in [0.2, 0.25) is 10.0 Å². The van der Waals surface area contributed by atoms with Crippen LogP contribution in [-0.4, -0.2) is 99.4 Å². The number of likely N-dealkylation sites (N-methyl/N-ethyl adjacent to an activating group) is 1. The Balaban J connectivity index is 1.60. The first kappa shape index (κ1) is 38.4. The highest BCUT2D eigenvalue weighted by atomic mass is 32.2. The second kappa shape index (κ2) is 18.0. The minimum atomic E-state index is -3.84. The highest BCUT2D eigenvalue weighted by molar-refractivity contribution is 7.89. The number of hydrogen-bond acceptors (Lipinski definition) is 8. The van der Waals surface area contributed by atoms with Crippen LogP contribution in [0.1, 0.15) is 82.5 Å². The molecular formula is C36H54N4O8S. The number of aliphatic hydroxyl groups is 1. The summed E-state index contributed by atoms with van der Waals surface area (Å²) in [5.74, 6) is 0.259. The van der Waals surface area contributed by atoms with E-state index in [4.69, 9.17) is 14.2 Å². The molecule has 4 atom stereocenters. The summed E-state index contributed by atoms with van der Waals surface area (Å²) in [6.45, 7) is 5.99. The van der Waals surface area contributed by atoms with Crippen LogP contribution in [-0.2, 0) is 14.8 Å². The van der Waals surface area contributed by atoms with E-state index in [9.17, 15) is 23.1 Å². The van der Waals surface area contributed by atoms with Crippen molar-refractivity contribution in [3.8, 4) is 11.5 Å². The van der Waals surface area contributed by atoms with Crippen molar-refractivity contribution in [2.24, 2.45) is 5.92 Å². The molecule has 12 nitrogen and oxygen atoms in total. The number of sulfonamides is 1. The molecule has 3 amide bonds. The number of nitrogens with zero attached hydrogens (tertiary/aromatic N) is 2. The Labute approximate surface area is 291 Å². The molecule has 0 spiro atoms. The van der Waals surface area contributed by atoms with Gasteiger partial charge in [-0.2, -0.15) is 4.31 Å². The van der Waals surface area contributed by atoms with Gasteiger partial charge in [-0.15, -0.1) is 0 Å². The van der Waals surface area contributed by atoms with Gasteiger partial charge in [-0.25, -0.2) is 13.2 Å². The van der Waals surface area contributed by atoms with Crippen molar-refractivity contribution in [2.75, 3.05) is 45.8 Å². The van der Waals surface area contributed by atoms with Crippen LogP contribution in [0.2, 0.25) is 0 Å². The lowest BCUT2D eigenvalue weighted by Gasteiger charge is -2.35. The smallest absolute Gasteiger partial charge is 0.319 e. The molecule has 2 aromatic rings. The van der Waals surface area contributed by atoms with Crippen molar-refractivity contribution in [3.63, 3.8) is 0 Å². The first-order valence-corrected chi connectivity index (χ1v) is 18.9. The standard InChI is InChI=1S/C36H54N4O8S/c1-25-22-40(26(2)24-41)35(42)32-21-29(38-36(43)37-28-12-7-6-8-13-28)14-19-33(32)48-27(3)11-9-10-20-47-34(25)23-39(4)49(44,45)31-17-15-30(46-5)16-18-31/h14-19,21,25-28,34,41H,6-13,20,22-24H2,1-5H3,(H2,37,38,43)/t25-,26-,27+,34+/m0/s1. The Bertz CT molecular complexity index is 1480. The monoisotopic (exact) mass is 702 g/mol. The molecule has 3 N–H and O–H groups in total. The van der Waals surface area contributed by atoms with E-state index in [0.29, 0.717) is 30.2 Å². The van der Waals surface area contributed by atoms with Gasteiger partial charge < -0.3 is 34.9 Å². The van der Waals surface area contributed by atoms with Crippen molar-refractivity contribution in [1.82, 2.24) is 14.5 Å². The maximum atomic E-state index is 14.4. The lowest BCUT2D eigenvalue weighted by Crippen LogP contribution is -2.48. The highest BCUT2D eigenvalue weighted by Crippen LogP contribution is 2.29. The molecule has 2 aromatic carbocycles. The zero-order valence-electron chi connectivity index (χ0n) is 29.5. The summed E-state index contributed by atoms with van der Waals surface area (Å²) in [4.78, 5) is 29.0. The molecule has 49 heavy (non-hydrogen) atoms. The molecule has 0 radical (unpaired) electrons. The van der Waals surface area contributed by atoms with Crippen LogP contribution < -0.4 is 20.1 Å². The van der Waals surface area contributed by atoms with E-state index >= 15 is 0 Å². The van der Waals surface area contributed by atoms with E-state index in [1.54, 1.807) is 42.2 Å². The van der Waals surface area contributed by atoms with Crippen LogP contribution in [0.5, 0.6) is 11.5 Å². The van der Waals surface area contributed by atoms with Gasteiger partial charge in [0.15, 0.2) is 0 Å². The SMILES string of the molecule is COc1ccc(S(=O)(=O)N(C)C[C@H]2OCCCC[C@@H](C)Oc3ccc(NC(=O)NC4CCCCC4)cc3C(=O)N([C@@H](C)CO)C[C@@H]2C)cc1. The first-order valence-electron chi connectivity index (χ1n) is 17.4. The predicted molar refractivity (Wildman–Crippen MR) is 189 cm³/mol. The van der Waals surface area contributed by atoms with Gasteiger partial charge in [0.25, 0.3) is 5.91 Å². The molecule has 13 heteroatoms. The Hall–Kier alpha value is -3.39. The van der Waals surface area contributed by atoms with Crippen LogP contribution in [0.4, 0.5) is 10.5 Å². The number of anilines is 1. The summed E-state index contributed by atoms with van der Waals surface area (Å²) in [5.41, 5.74) is 0.720. The Morgan fingerprint density at radius 3 is 2.43 bits per heavy atom. The molecule has 0 aromatic heterocycles. The number of amides is 3. The fraction of sp³-hybridized carbons (Fsp3) is 0.611. The maximum absolute atomic E-state index is 14.4. The number of carbonyl (C=O) groups is 2. The van der Waals surface area contributed by atoms with E-state index in [-0.39, 0.29) is 60.2 Å². The Morgan fingerprint density at radius 1 is 1.06 bits per heavy atom. The summed E-state index contributed by atoms with van der Waals surface area (Å²) in [5, 5.41) is 16.2. The van der Waals surface area contributed by atoms with Gasteiger partial charge in [-0.1, -0.05) is 26.2 Å². The summed E-state index contributed by atoms with van der Waals surface area (Å²) in [7, 11) is -0.801. The van der Waals surface area contributed by atoms with E-state index in [1.807, 2.05) is 13.8 Å². The Morgan fingerprint density at radius 2 is 1.76 bits per heavy atom. The Kier molecular flexibility index (Phi) is 14.1. The number of nitrogens with one attached hydrogen (secondary N) is 2. The number of rotatable bonds is 9. The molecular weight excluding hydrogens is 648 g/mol. The van der Waals surface area contributed by atoms with Gasteiger partial charge in [0, 0.05) is 44.4 Å². The number of ether oxygens (including phenoxy) is 3. The van der Waals surface area contributed by atoms with Gasteiger partial charge in [0.05, 0.1) is 42.4 Å². The first-order chi connectivity index (χ1) is 23.4. The molecule has 0 bridgehead atoms. The predicted octanol–water partition coefficient (Wildman–Crippen LogP) is 5.27. The highest BCUT2D eigenvalue weighted by Gasteiger charge is 2.32. The molecule has 1 heterocycles. The third-order valence-corrected chi connectivity index (χ3v) is 11.3. The minimum absolute atomic E-state index is 0.0609. The lowest BCUT2D eigenvalue weighted by atomic mass is 9.96. The van der Waals surface area contributed by atoms with Gasteiger partial charge in [-0.05, 0) is 88.4 Å². The number of benzene rings is 2. The second-order valence-corrected chi connectivity index (χ2v) is 15.5. The van der Waals surface area contributed by atoms with Crippen molar-refractivity contribution in [1.29, 1.82) is 0 Å². The number of urea groups is 1. The summed E-state index contributed by atoms with van der Waals surface area (Å²) >= 11 is 0. The largest absolute Gasteiger partial charge is 0.497 e. The van der Waals surface area contributed by atoms with E-state index in [2.05, 4.69) is 10.6 Å². The summed E-state index contributed by atoms with van der Waals surface area (Å²) in [6.07, 6.45) is 6.76. The maximum Gasteiger partial charge on any atom is 0.319 e. The topological polar surface area (TPSA) is 147 Å². The van der Waals surface area contributed by atoms with Crippen molar-refractivity contribution < 1.29 is 37.3 Å². The average Bonchev–Trinajstić information content (AvgIpc) is 3.09. The van der Waals surface area contributed by atoms with Crippen LogP contribution in [0, 0.1) is 5.92 Å². The summed E-state index contributed by atoms with van der Waals surface area (Å²) in [6, 6.07) is 10.5. The summed E-state index contributed by atoms with van der Waals surface area (Å²) < 4.78 is 46.1.